The molecule has 1 heterocycles. The highest BCUT2D eigenvalue weighted by atomic mass is 15.1. The van der Waals surface area contributed by atoms with E-state index in [1.54, 1.807) is 0 Å². The Morgan fingerprint density at radius 1 is 0.308 bits per heavy atom. The lowest BCUT2D eigenvalue weighted by Gasteiger charge is -2.28. The van der Waals surface area contributed by atoms with Crippen molar-refractivity contribution in [3.63, 3.8) is 0 Å². The number of aromatic nitrogens is 1. The maximum absolute atomic E-state index is 2.41. The molecule has 0 bridgehead atoms. The minimum atomic E-state index is -0.105. The number of rotatable bonds is 8. The summed E-state index contributed by atoms with van der Waals surface area (Å²) in [6, 6.07) is 88.7. The Labute approximate surface area is 381 Å². The average Bonchev–Trinajstić information content (AvgIpc) is 3.82. The van der Waals surface area contributed by atoms with Crippen LogP contribution in [0.15, 0.2) is 243 Å². The monoisotopic (exact) mass is 830 g/mol. The molecule has 0 amide bonds. The minimum absolute atomic E-state index is 0.105. The van der Waals surface area contributed by atoms with Crippen molar-refractivity contribution in [2.75, 3.05) is 4.90 Å². The number of benzene rings is 10. The van der Waals surface area contributed by atoms with Crippen molar-refractivity contribution in [1.29, 1.82) is 0 Å². The number of fused-ring (bicyclic) bond motifs is 6. The molecule has 0 fully saturated rings. The molecule has 308 valence electrons. The molecule has 0 saturated carbocycles. The van der Waals surface area contributed by atoms with E-state index in [-0.39, 0.29) is 5.41 Å². The smallest absolute Gasteiger partial charge is 0.0541 e. The third-order valence-corrected chi connectivity index (χ3v) is 13.6. The Morgan fingerprint density at radius 3 is 1.35 bits per heavy atom. The van der Waals surface area contributed by atoms with Gasteiger partial charge in [0.15, 0.2) is 0 Å². The number of nitrogens with zero attached hydrogens (tertiary/aromatic N) is 2. The molecule has 0 atom stereocenters. The zero-order chi connectivity index (χ0) is 43.5. The Balaban J connectivity index is 0.871. The van der Waals surface area contributed by atoms with Gasteiger partial charge in [-0.3, -0.25) is 0 Å². The number of hydrogen-bond donors (Lipinski definition) is 0. The van der Waals surface area contributed by atoms with Crippen LogP contribution in [0.4, 0.5) is 17.1 Å². The molecule has 1 aliphatic carbocycles. The summed E-state index contributed by atoms with van der Waals surface area (Å²) < 4.78 is 2.37. The summed E-state index contributed by atoms with van der Waals surface area (Å²) in [5, 5.41) is 2.52. The Hall–Kier alpha value is -8.20. The van der Waals surface area contributed by atoms with Crippen LogP contribution in [-0.2, 0) is 5.41 Å². The van der Waals surface area contributed by atoms with Gasteiger partial charge in [0.05, 0.1) is 11.0 Å². The van der Waals surface area contributed by atoms with Crippen LogP contribution in [0.2, 0.25) is 0 Å². The van der Waals surface area contributed by atoms with E-state index in [1.165, 1.54) is 94.3 Å². The second-order valence-electron chi connectivity index (χ2n) is 17.8. The second-order valence-corrected chi connectivity index (χ2v) is 17.8. The van der Waals surface area contributed by atoms with Crippen molar-refractivity contribution in [2.45, 2.75) is 19.3 Å². The molecule has 1 aromatic heterocycles. The molecule has 0 spiro atoms. The Morgan fingerprint density at radius 2 is 0.738 bits per heavy atom. The van der Waals surface area contributed by atoms with Gasteiger partial charge in [0.25, 0.3) is 0 Å². The Bertz CT molecular complexity index is 3510. The number of hydrogen-bond acceptors (Lipinski definition) is 1. The SMILES string of the molecule is CC1(C)c2ccccc2-c2ccc(N(c3ccc(-c4ccc(-c5ccccc5)cc4)cc3)c3ccc(-c4ccc(-c5ccc6c(c5)c5ccccc5n6-c5ccccc5)cc4)cc3)cc21. The first kappa shape index (κ1) is 38.5. The summed E-state index contributed by atoms with van der Waals surface area (Å²) in [7, 11) is 0. The van der Waals surface area contributed by atoms with E-state index in [0.717, 1.165) is 17.1 Å². The van der Waals surface area contributed by atoms with Crippen molar-refractivity contribution in [3.05, 3.63) is 254 Å². The van der Waals surface area contributed by atoms with Gasteiger partial charge in [0.2, 0.25) is 0 Å². The molecule has 0 unspecified atom stereocenters. The third kappa shape index (κ3) is 6.65. The first-order valence-corrected chi connectivity index (χ1v) is 22.6. The van der Waals surface area contributed by atoms with E-state index in [0.29, 0.717) is 0 Å². The van der Waals surface area contributed by atoms with E-state index in [1.807, 2.05) is 0 Å². The van der Waals surface area contributed by atoms with Crippen LogP contribution in [0.25, 0.3) is 83.1 Å². The molecule has 1 aliphatic rings. The largest absolute Gasteiger partial charge is 0.310 e. The van der Waals surface area contributed by atoms with Gasteiger partial charge in [-0.1, -0.05) is 190 Å². The van der Waals surface area contributed by atoms with E-state index >= 15 is 0 Å². The zero-order valence-corrected chi connectivity index (χ0v) is 36.5. The summed E-state index contributed by atoms with van der Waals surface area (Å²) in [5.74, 6) is 0. The predicted octanol–water partition coefficient (Wildman–Crippen LogP) is 17.2. The van der Waals surface area contributed by atoms with Crippen molar-refractivity contribution >= 4 is 38.9 Å². The van der Waals surface area contributed by atoms with Gasteiger partial charge in [-0.2, -0.15) is 0 Å². The summed E-state index contributed by atoms with van der Waals surface area (Å²) in [4.78, 5) is 2.40. The van der Waals surface area contributed by atoms with Crippen LogP contribution < -0.4 is 4.90 Å². The van der Waals surface area contributed by atoms with E-state index in [2.05, 4.69) is 266 Å². The topological polar surface area (TPSA) is 8.17 Å². The maximum atomic E-state index is 2.41. The lowest BCUT2D eigenvalue weighted by Crippen LogP contribution is -2.16. The standard InChI is InChI=1S/C63H46N2/c1-63(2)59-19-11-9-17-55(59)56-39-38-54(42-60(56)63)64(52-34-29-47(30-35-52)45-23-21-44(22-24-45)43-13-5-3-6-14-43)53-36-31-48(32-37-53)46-25-27-49(28-26-46)50-33-40-62-58(41-50)57-18-10-12-20-61(57)65(62)51-15-7-4-8-16-51/h3-42H,1-2H3. The van der Waals surface area contributed by atoms with E-state index in [4.69, 9.17) is 0 Å². The first-order chi connectivity index (χ1) is 32.0. The lowest BCUT2D eigenvalue weighted by molar-refractivity contribution is 0.660. The van der Waals surface area contributed by atoms with Gasteiger partial charge >= 0.3 is 0 Å². The first-order valence-electron chi connectivity index (χ1n) is 22.6. The molecule has 2 nitrogen and oxygen atoms in total. The zero-order valence-electron chi connectivity index (χ0n) is 36.5. The van der Waals surface area contributed by atoms with Gasteiger partial charge in [0, 0.05) is 38.9 Å². The quantitative estimate of drug-likeness (QED) is 0.148. The van der Waals surface area contributed by atoms with Crippen molar-refractivity contribution in [2.24, 2.45) is 0 Å². The fourth-order valence-corrected chi connectivity index (χ4v) is 10.2. The molecule has 2 heteroatoms. The molecule has 12 rings (SSSR count). The normalized spacial score (nSPS) is 12.6. The maximum Gasteiger partial charge on any atom is 0.0541 e. The second kappa shape index (κ2) is 15.6. The van der Waals surface area contributed by atoms with Crippen LogP contribution >= 0.6 is 0 Å². The fraction of sp³-hybridized carbons (Fsp3) is 0.0476. The van der Waals surface area contributed by atoms with Crippen molar-refractivity contribution in [3.8, 4) is 61.3 Å². The van der Waals surface area contributed by atoms with Gasteiger partial charge in [-0.05, 0) is 133 Å². The van der Waals surface area contributed by atoms with Gasteiger partial charge in [-0.15, -0.1) is 0 Å². The van der Waals surface area contributed by atoms with Crippen LogP contribution in [0.1, 0.15) is 25.0 Å². The van der Waals surface area contributed by atoms with Crippen molar-refractivity contribution in [1.82, 2.24) is 4.57 Å². The molecule has 0 aliphatic heterocycles. The molecule has 10 aromatic carbocycles. The molecule has 65 heavy (non-hydrogen) atoms. The number of anilines is 3. The van der Waals surface area contributed by atoms with Crippen molar-refractivity contribution < 1.29 is 0 Å². The third-order valence-electron chi connectivity index (χ3n) is 13.6. The molecule has 11 aromatic rings. The highest BCUT2D eigenvalue weighted by molar-refractivity contribution is 6.10. The van der Waals surface area contributed by atoms with Crippen LogP contribution in [0, 0.1) is 0 Å². The van der Waals surface area contributed by atoms with E-state index in [9.17, 15) is 0 Å². The summed E-state index contributed by atoms with van der Waals surface area (Å²) in [6.45, 7) is 4.71. The minimum Gasteiger partial charge on any atom is -0.310 e. The summed E-state index contributed by atoms with van der Waals surface area (Å²) >= 11 is 0. The van der Waals surface area contributed by atoms with E-state index < -0.39 is 0 Å². The van der Waals surface area contributed by atoms with Crippen LogP contribution in [0.3, 0.4) is 0 Å². The molecular formula is C63H46N2. The van der Waals surface area contributed by atoms with Gasteiger partial charge in [0.1, 0.15) is 0 Å². The average molecular weight is 831 g/mol. The highest BCUT2D eigenvalue weighted by Crippen LogP contribution is 2.51. The Kier molecular flexibility index (Phi) is 9.21. The molecule has 0 N–H and O–H groups in total. The fourth-order valence-electron chi connectivity index (χ4n) is 10.2. The van der Waals surface area contributed by atoms with Gasteiger partial charge in [-0.25, -0.2) is 0 Å². The van der Waals surface area contributed by atoms with Gasteiger partial charge < -0.3 is 9.47 Å². The predicted molar refractivity (Wildman–Crippen MR) is 275 cm³/mol. The summed E-state index contributed by atoms with van der Waals surface area (Å²) in [6.07, 6.45) is 0. The number of para-hydroxylation sites is 2. The summed E-state index contributed by atoms with van der Waals surface area (Å²) in [5.41, 5.74) is 21.9. The molecule has 0 saturated heterocycles. The highest BCUT2D eigenvalue weighted by Gasteiger charge is 2.35. The van der Waals surface area contributed by atoms with Crippen LogP contribution in [-0.4, -0.2) is 4.57 Å². The van der Waals surface area contributed by atoms with Crippen LogP contribution in [0.5, 0.6) is 0 Å². The lowest BCUT2D eigenvalue weighted by atomic mass is 9.82. The molecule has 0 radical (unpaired) electrons. The molecular weight excluding hydrogens is 785 g/mol.